The zero-order valence-corrected chi connectivity index (χ0v) is 10.4. The van der Waals surface area contributed by atoms with Gasteiger partial charge in [-0.05, 0) is 0 Å². The number of hydrogen-bond acceptors (Lipinski definition) is 3. The molecule has 0 aromatic carbocycles. The topological polar surface area (TPSA) is 41.4 Å². The Bertz CT molecular complexity index is 426. The lowest BCUT2D eigenvalue weighted by Crippen LogP contribution is -2.07. The highest BCUT2D eigenvalue weighted by Crippen LogP contribution is 2.23. The molecule has 0 bridgehead atoms. The number of aliphatic imine (C=N–C) groups is 1. The molecule has 0 fully saturated rings. The van der Waals surface area contributed by atoms with Crippen molar-refractivity contribution in [2.24, 2.45) is 4.99 Å². The predicted octanol–water partition coefficient (Wildman–Crippen LogP) is 2.18. The Kier molecular flexibility index (Phi) is 4.53. The van der Waals surface area contributed by atoms with Crippen molar-refractivity contribution in [3.8, 4) is 12.3 Å². The minimum absolute atomic E-state index is 0.212. The Morgan fingerprint density at radius 2 is 1.94 bits per heavy atom. The Labute approximate surface area is 104 Å². The highest BCUT2D eigenvalue weighted by atomic mass is 35.5. The van der Waals surface area contributed by atoms with E-state index in [-0.39, 0.29) is 16.3 Å². The molecule has 0 aliphatic rings. The van der Waals surface area contributed by atoms with E-state index in [9.17, 15) is 0 Å². The van der Waals surface area contributed by atoms with Gasteiger partial charge in [0.25, 0.3) is 5.95 Å². The van der Waals surface area contributed by atoms with Crippen LogP contribution >= 0.6 is 23.2 Å². The summed E-state index contributed by atoms with van der Waals surface area (Å²) < 4.78 is 0. The third-order valence-electron chi connectivity index (χ3n) is 1.58. The van der Waals surface area contributed by atoms with Gasteiger partial charge in [-0.15, -0.1) is 12.3 Å². The number of rotatable bonds is 3. The molecule has 1 aromatic rings. The standard InChI is InChI=1S/C10H10Cl2N4/c1-4-5-7-8(11)14-10(15-9(7)12)13-6-16(2)3/h1,6H,5H2,2-3H3. The minimum atomic E-state index is 0.212. The summed E-state index contributed by atoms with van der Waals surface area (Å²) in [6.07, 6.45) is 7.03. The molecule has 0 atom stereocenters. The molecule has 0 unspecified atom stereocenters. The average molecular weight is 257 g/mol. The molecule has 0 aliphatic heterocycles. The van der Waals surface area contributed by atoms with Crippen LogP contribution in [0.5, 0.6) is 0 Å². The molecule has 16 heavy (non-hydrogen) atoms. The SMILES string of the molecule is C#CCc1c(Cl)nc(N=CN(C)C)nc1Cl. The van der Waals surface area contributed by atoms with Gasteiger partial charge in [0.1, 0.15) is 10.3 Å². The van der Waals surface area contributed by atoms with Crippen molar-refractivity contribution < 1.29 is 0 Å². The predicted molar refractivity (Wildman–Crippen MR) is 66.4 cm³/mol. The van der Waals surface area contributed by atoms with Crippen molar-refractivity contribution in [1.82, 2.24) is 14.9 Å². The van der Waals surface area contributed by atoms with E-state index in [1.165, 1.54) is 0 Å². The second kappa shape index (κ2) is 5.69. The maximum absolute atomic E-state index is 5.91. The fourth-order valence-electron chi connectivity index (χ4n) is 0.893. The number of terminal acetylenes is 1. The van der Waals surface area contributed by atoms with Crippen LogP contribution in [0.2, 0.25) is 10.3 Å². The molecule has 0 spiro atoms. The molecule has 0 saturated carbocycles. The molecule has 0 amide bonds. The van der Waals surface area contributed by atoms with E-state index in [1.807, 2.05) is 14.1 Å². The molecular weight excluding hydrogens is 247 g/mol. The number of hydrogen-bond donors (Lipinski definition) is 0. The van der Waals surface area contributed by atoms with Gasteiger partial charge in [0.05, 0.1) is 6.34 Å². The highest BCUT2D eigenvalue weighted by molar-refractivity contribution is 6.34. The molecule has 1 heterocycles. The van der Waals surface area contributed by atoms with Crippen LogP contribution in [0, 0.1) is 12.3 Å². The molecule has 6 heteroatoms. The zero-order chi connectivity index (χ0) is 12.1. The first-order chi connectivity index (χ1) is 7.54. The molecule has 0 radical (unpaired) electrons. The third kappa shape index (κ3) is 3.37. The quantitative estimate of drug-likeness (QED) is 0.360. The van der Waals surface area contributed by atoms with Crippen LogP contribution in [0.1, 0.15) is 5.56 Å². The first-order valence-corrected chi connectivity index (χ1v) is 5.16. The van der Waals surface area contributed by atoms with E-state index in [2.05, 4.69) is 20.9 Å². The minimum Gasteiger partial charge on any atom is -0.369 e. The van der Waals surface area contributed by atoms with E-state index in [0.717, 1.165) is 0 Å². The Morgan fingerprint density at radius 1 is 1.38 bits per heavy atom. The second-order valence-corrected chi connectivity index (χ2v) is 3.89. The molecule has 4 nitrogen and oxygen atoms in total. The third-order valence-corrected chi connectivity index (χ3v) is 2.20. The van der Waals surface area contributed by atoms with Crippen LogP contribution in [0.15, 0.2) is 4.99 Å². The number of aromatic nitrogens is 2. The Morgan fingerprint density at radius 3 is 2.38 bits per heavy atom. The normalized spacial score (nSPS) is 10.4. The van der Waals surface area contributed by atoms with Gasteiger partial charge in [-0.2, -0.15) is 9.97 Å². The fraction of sp³-hybridized carbons (Fsp3) is 0.300. The maximum Gasteiger partial charge on any atom is 0.253 e. The lowest BCUT2D eigenvalue weighted by Gasteiger charge is -2.04. The molecular formula is C10H10Cl2N4. The fourth-order valence-corrected chi connectivity index (χ4v) is 1.41. The summed E-state index contributed by atoms with van der Waals surface area (Å²) in [5, 5.41) is 0.479. The van der Waals surface area contributed by atoms with Gasteiger partial charge in [0.2, 0.25) is 0 Å². The van der Waals surface area contributed by atoms with Gasteiger partial charge in [-0.1, -0.05) is 23.2 Å². The van der Waals surface area contributed by atoms with Crippen molar-refractivity contribution in [3.63, 3.8) is 0 Å². The van der Waals surface area contributed by atoms with E-state index < -0.39 is 0 Å². The highest BCUT2D eigenvalue weighted by Gasteiger charge is 2.09. The van der Waals surface area contributed by atoms with Crippen LogP contribution < -0.4 is 0 Å². The average Bonchev–Trinajstić information content (AvgIpc) is 2.20. The van der Waals surface area contributed by atoms with Gasteiger partial charge in [-0.25, -0.2) is 4.99 Å². The van der Waals surface area contributed by atoms with Gasteiger partial charge in [0.15, 0.2) is 0 Å². The number of halogens is 2. The summed E-state index contributed by atoms with van der Waals surface area (Å²) in [5.41, 5.74) is 0.551. The van der Waals surface area contributed by atoms with Crippen LogP contribution in [-0.2, 0) is 6.42 Å². The van der Waals surface area contributed by atoms with Crippen LogP contribution in [0.3, 0.4) is 0 Å². The van der Waals surface area contributed by atoms with E-state index >= 15 is 0 Å². The van der Waals surface area contributed by atoms with Crippen molar-refractivity contribution in [2.75, 3.05) is 14.1 Å². The maximum atomic E-state index is 5.91. The van der Waals surface area contributed by atoms with Gasteiger partial charge in [-0.3, -0.25) is 0 Å². The molecule has 84 valence electrons. The Hall–Kier alpha value is -1.31. The first-order valence-electron chi connectivity index (χ1n) is 4.40. The molecule has 1 rings (SSSR count). The second-order valence-electron chi connectivity index (χ2n) is 3.17. The van der Waals surface area contributed by atoms with Gasteiger partial charge in [0, 0.05) is 26.1 Å². The smallest absolute Gasteiger partial charge is 0.253 e. The monoisotopic (exact) mass is 256 g/mol. The van der Waals surface area contributed by atoms with Gasteiger partial charge >= 0.3 is 0 Å². The van der Waals surface area contributed by atoms with Crippen LogP contribution in [0.4, 0.5) is 5.95 Å². The van der Waals surface area contributed by atoms with Crippen molar-refractivity contribution >= 4 is 35.5 Å². The lowest BCUT2D eigenvalue weighted by molar-refractivity contribution is 0.642. The van der Waals surface area contributed by atoms with Gasteiger partial charge < -0.3 is 4.90 Å². The largest absolute Gasteiger partial charge is 0.369 e. The molecule has 0 aliphatic carbocycles. The first kappa shape index (κ1) is 12.8. The van der Waals surface area contributed by atoms with Crippen LogP contribution in [0.25, 0.3) is 0 Å². The van der Waals surface area contributed by atoms with E-state index in [4.69, 9.17) is 29.6 Å². The number of nitrogens with zero attached hydrogens (tertiary/aromatic N) is 4. The Balaban J connectivity index is 3.06. The molecule has 1 aromatic heterocycles. The van der Waals surface area contributed by atoms with E-state index in [0.29, 0.717) is 12.0 Å². The van der Waals surface area contributed by atoms with Crippen molar-refractivity contribution in [2.45, 2.75) is 6.42 Å². The van der Waals surface area contributed by atoms with E-state index in [1.54, 1.807) is 11.2 Å². The molecule has 0 saturated heterocycles. The summed E-state index contributed by atoms with van der Waals surface area (Å²) >= 11 is 11.8. The summed E-state index contributed by atoms with van der Waals surface area (Å²) in [5.74, 6) is 2.65. The van der Waals surface area contributed by atoms with Crippen molar-refractivity contribution in [3.05, 3.63) is 15.9 Å². The summed E-state index contributed by atoms with van der Waals surface area (Å²) in [7, 11) is 3.67. The van der Waals surface area contributed by atoms with Crippen molar-refractivity contribution in [1.29, 1.82) is 0 Å². The summed E-state index contributed by atoms with van der Waals surface area (Å²) in [4.78, 5) is 13.7. The van der Waals surface area contributed by atoms with Crippen LogP contribution in [-0.4, -0.2) is 35.3 Å². The molecule has 0 N–H and O–H groups in total. The summed E-state index contributed by atoms with van der Waals surface area (Å²) in [6.45, 7) is 0. The zero-order valence-electron chi connectivity index (χ0n) is 8.91. The lowest BCUT2D eigenvalue weighted by atomic mass is 10.2. The summed E-state index contributed by atoms with van der Waals surface area (Å²) in [6, 6.07) is 0.